The quantitative estimate of drug-likeness (QED) is 0.341. The number of hydrogen-bond donors (Lipinski definition) is 3. The second-order valence-electron chi connectivity index (χ2n) is 6.53. The fraction of sp³-hybridized carbons (Fsp3) is 0.600. The van der Waals surface area contributed by atoms with Crippen molar-refractivity contribution >= 4 is 10.1 Å². The number of hydrogen-bond acceptors (Lipinski definition) is 6. The number of unbranched alkanes of at least 4 members (excludes halogenated alkanes) is 1. The van der Waals surface area contributed by atoms with E-state index in [1.54, 1.807) is 12.2 Å². The van der Waals surface area contributed by atoms with Crippen LogP contribution >= 0.6 is 0 Å². The summed E-state index contributed by atoms with van der Waals surface area (Å²) in [6.07, 6.45) is 1.63. The molecule has 0 amide bonds. The average molecular weight is 415 g/mol. The topological polar surface area (TPSA) is 109 Å². The number of nitrogens with zero attached hydrogens (tertiary/aromatic N) is 1. The van der Waals surface area contributed by atoms with Gasteiger partial charge >= 0.3 is 21.3 Å². The summed E-state index contributed by atoms with van der Waals surface area (Å²) in [5.41, 5.74) is 0.237. The third-order valence-electron chi connectivity index (χ3n) is 4.79. The smallest absolute Gasteiger partial charge is 0.444 e. The Labute approximate surface area is 151 Å². The van der Waals surface area contributed by atoms with Gasteiger partial charge in [-0.15, -0.1) is 0 Å². The van der Waals surface area contributed by atoms with E-state index in [1.165, 1.54) is 0 Å². The minimum Gasteiger partial charge on any atom is -0.492 e. The summed E-state index contributed by atoms with van der Waals surface area (Å²) in [6, 6.07) is 0. The fourth-order valence-electron chi connectivity index (χ4n) is 3.42. The molecule has 0 radical (unpaired) electrons. The molecule has 152 valence electrons. The molecule has 1 aromatic heterocycles. The Hall–Kier alpha value is -1.95. The maximum atomic E-state index is 14.0. The van der Waals surface area contributed by atoms with Crippen LogP contribution in [0.2, 0.25) is 0 Å². The van der Waals surface area contributed by atoms with Gasteiger partial charge in [0.15, 0.2) is 0 Å². The van der Waals surface area contributed by atoms with E-state index in [2.05, 4.69) is 4.28 Å². The average Bonchev–Trinajstić information content (AvgIpc) is 3.24. The lowest BCUT2D eigenvalue weighted by atomic mass is 10.0. The van der Waals surface area contributed by atoms with Crippen molar-refractivity contribution in [3.63, 3.8) is 0 Å². The maximum absolute atomic E-state index is 14.0. The molecule has 0 saturated heterocycles. The summed E-state index contributed by atoms with van der Waals surface area (Å²) in [4.78, 5) is 0. The van der Waals surface area contributed by atoms with Crippen LogP contribution in [0.5, 0.6) is 11.8 Å². The monoisotopic (exact) mass is 415 g/mol. The highest BCUT2D eigenvalue weighted by atomic mass is 32.2. The third-order valence-corrected chi connectivity index (χ3v) is 6.07. The summed E-state index contributed by atoms with van der Waals surface area (Å²) in [5, 5.41) is 23.1. The van der Waals surface area contributed by atoms with Crippen molar-refractivity contribution in [3.8, 4) is 11.8 Å². The Morgan fingerprint density at radius 1 is 1.07 bits per heavy atom. The van der Waals surface area contributed by atoms with Gasteiger partial charge in [-0.25, -0.2) is 0 Å². The van der Waals surface area contributed by atoms with E-state index >= 15 is 0 Å². The van der Waals surface area contributed by atoms with Gasteiger partial charge in [0, 0.05) is 36.0 Å². The number of allylic oxidation sites excluding steroid dienone is 2. The molecule has 7 nitrogen and oxygen atoms in total. The molecule has 2 aliphatic carbocycles. The third kappa shape index (κ3) is 2.85. The van der Waals surface area contributed by atoms with E-state index in [-0.39, 0.29) is 34.1 Å². The zero-order valence-electron chi connectivity index (χ0n) is 13.8. The zero-order valence-corrected chi connectivity index (χ0v) is 14.6. The molecular weight excluding hydrogens is 398 g/mol. The van der Waals surface area contributed by atoms with E-state index in [0.29, 0.717) is 6.42 Å². The van der Waals surface area contributed by atoms with Gasteiger partial charge in [0.05, 0.1) is 0 Å². The molecule has 2 aliphatic rings. The van der Waals surface area contributed by atoms with Gasteiger partial charge in [-0.3, -0.25) is 4.28 Å². The van der Waals surface area contributed by atoms with E-state index < -0.39 is 52.5 Å². The van der Waals surface area contributed by atoms with Gasteiger partial charge in [0.2, 0.25) is 11.8 Å². The second kappa shape index (κ2) is 6.30. The van der Waals surface area contributed by atoms with E-state index in [0.717, 1.165) is 0 Å². The van der Waals surface area contributed by atoms with E-state index in [4.69, 9.17) is 5.11 Å². The number of aromatic nitrogens is 1. The number of aliphatic hydroxyl groups is 1. The van der Waals surface area contributed by atoms with Crippen LogP contribution in [0.15, 0.2) is 12.2 Å². The summed E-state index contributed by atoms with van der Waals surface area (Å²) >= 11 is 0. The maximum Gasteiger partial charge on any atom is 0.444 e. The van der Waals surface area contributed by atoms with Crippen molar-refractivity contribution < 1.29 is 45.6 Å². The molecule has 1 aromatic rings. The Morgan fingerprint density at radius 3 is 2.07 bits per heavy atom. The van der Waals surface area contributed by atoms with Crippen LogP contribution in [0.3, 0.4) is 0 Å². The Bertz CT molecular complexity index is 844. The molecule has 1 heterocycles. The van der Waals surface area contributed by atoms with Crippen molar-refractivity contribution in [2.75, 3.05) is 6.61 Å². The van der Waals surface area contributed by atoms with Crippen molar-refractivity contribution in [2.45, 2.75) is 48.7 Å². The van der Waals surface area contributed by atoms with Gasteiger partial charge in [0.25, 0.3) is 0 Å². The van der Waals surface area contributed by atoms with Gasteiger partial charge in [-0.1, -0.05) is 16.9 Å². The van der Waals surface area contributed by atoms with Gasteiger partial charge in [-0.2, -0.15) is 26.0 Å². The van der Waals surface area contributed by atoms with Crippen molar-refractivity contribution in [1.29, 1.82) is 0 Å². The molecular formula is C15H17F4NO6S. The number of aliphatic hydroxyl groups excluding tert-OH is 1. The minimum atomic E-state index is -6.28. The zero-order chi connectivity index (χ0) is 20.2. The molecule has 2 unspecified atom stereocenters. The van der Waals surface area contributed by atoms with Crippen molar-refractivity contribution in [3.05, 3.63) is 23.3 Å². The predicted molar refractivity (Wildman–Crippen MR) is 83.3 cm³/mol. The van der Waals surface area contributed by atoms with Crippen LogP contribution in [0.25, 0.3) is 0 Å². The molecule has 2 bridgehead atoms. The minimum absolute atomic E-state index is 0.119. The molecule has 2 atom stereocenters. The lowest BCUT2D eigenvalue weighted by Gasteiger charge is -2.25. The van der Waals surface area contributed by atoms with Crippen molar-refractivity contribution in [1.82, 2.24) is 4.73 Å². The number of fused-ring (bicyclic) bond motifs is 5. The standard InChI is InChI=1S/C15H17F4NO6S/c16-14(17,5-1-2-6-21)15(18,19)27(24,25)26-20-12(22)10-8-3-4-9(7-8)11(10)13(20)23/h3-4,8-9,21-23H,1-2,5-7H2. The Morgan fingerprint density at radius 2 is 1.59 bits per heavy atom. The van der Waals surface area contributed by atoms with Gasteiger partial charge in [-0.05, 0) is 19.3 Å². The largest absolute Gasteiger partial charge is 0.492 e. The lowest BCUT2D eigenvalue weighted by Crippen LogP contribution is -2.50. The highest BCUT2D eigenvalue weighted by Crippen LogP contribution is 2.56. The summed E-state index contributed by atoms with van der Waals surface area (Å²) < 4.78 is 83.2. The van der Waals surface area contributed by atoms with Crippen molar-refractivity contribution in [2.24, 2.45) is 0 Å². The second-order valence-corrected chi connectivity index (χ2v) is 8.10. The lowest BCUT2D eigenvalue weighted by molar-refractivity contribution is -0.166. The Balaban J connectivity index is 1.89. The molecule has 0 fully saturated rings. The van der Waals surface area contributed by atoms with Gasteiger partial charge in [0.1, 0.15) is 0 Å². The van der Waals surface area contributed by atoms with E-state index in [1.807, 2.05) is 0 Å². The molecule has 3 N–H and O–H groups in total. The summed E-state index contributed by atoms with van der Waals surface area (Å²) in [5.74, 6) is -7.56. The van der Waals surface area contributed by atoms with Crippen LogP contribution in [0, 0.1) is 0 Å². The molecule has 0 aromatic carbocycles. The summed E-state index contributed by atoms with van der Waals surface area (Å²) in [6.45, 7) is -0.516. The first kappa shape index (κ1) is 19.8. The molecule has 12 heteroatoms. The molecule has 27 heavy (non-hydrogen) atoms. The highest BCUT2D eigenvalue weighted by Gasteiger charge is 2.67. The van der Waals surface area contributed by atoms with Crippen LogP contribution in [-0.2, 0) is 10.1 Å². The SMILES string of the molecule is O=S(=O)(On1c(O)c2c(c1O)C1C=CC2C1)C(F)(F)C(F)(F)CCCCO. The highest BCUT2D eigenvalue weighted by molar-refractivity contribution is 7.88. The molecule has 0 spiro atoms. The van der Waals surface area contributed by atoms with Gasteiger partial charge < -0.3 is 15.3 Å². The van der Waals surface area contributed by atoms with Crippen LogP contribution in [-0.4, -0.2) is 46.3 Å². The van der Waals surface area contributed by atoms with E-state index in [9.17, 15) is 36.2 Å². The summed E-state index contributed by atoms with van der Waals surface area (Å²) in [7, 11) is -6.28. The molecule has 0 saturated carbocycles. The molecule has 3 rings (SSSR count). The number of rotatable bonds is 8. The number of alkyl halides is 4. The number of aromatic hydroxyl groups is 2. The first-order valence-corrected chi connectivity index (χ1v) is 9.51. The normalized spacial score (nSPS) is 21.7. The first-order valence-electron chi connectivity index (χ1n) is 8.10. The Kier molecular flexibility index (Phi) is 4.62. The van der Waals surface area contributed by atoms with Crippen LogP contribution < -0.4 is 4.28 Å². The molecule has 0 aliphatic heterocycles. The van der Waals surface area contributed by atoms with Crippen LogP contribution in [0.4, 0.5) is 17.6 Å². The van der Waals surface area contributed by atoms with Crippen LogP contribution in [0.1, 0.15) is 48.6 Å². The predicted octanol–water partition coefficient (Wildman–Crippen LogP) is 2.19. The fourth-order valence-corrected chi connectivity index (χ4v) is 4.32. The first-order chi connectivity index (χ1) is 12.4. The number of halogens is 4.